The third-order valence-electron chi connectivity index (χ3n) is 7.38. The summed E-state index contributed by atoms with van der Waals surface area (Å²) in [5, 5.41) is 3.08. The lowest BCUT2D eigenvalue weighted by molar-refractivity contribution is -0.140. The van der Waals surface area contributed by atoms with Crippen LogP contribution in [0.2, 0.25) is 0 Å². The molecule has 170 valence electrons. The van der Waals surface area contributed by atoms with Crippen LogP contribution in [0.15, 0.2) is 24.3 Å². The van der Waals surface area contributed by atoms with Crippen LogP contribution in [-0.2, 0) is 9.59 Å². The molecule has 5 heteroatoms. The van der Waals surface area contributed by atoms with Crippen molar-refractivity contribution in [1.29, 1.82) is 0 Å². The normalized spacial score (nSPS) is 23.3. The first-order valence-corrected chi connectivity index (χ1v) is 12.3. The first kappa shape index (κ1) is 22.2. The van der Waals surface area contributed by atoms with E-state index < -0.39 is 0 Å². The van der Waals surface area contributed by atoms with Crippen molar-refractivity contribution in [2.45, 2.75) is 83.2 Å². The fraction of sp³-hybridized carbons (Fsp3) is 0.692. The molecular formula is C26H38N2O3. The highest BCUT2D eigenvalue weighted by atomic mass is 16.5. The number of nitrogens with one attached hydrogen (secondary N) is 1. The van der Waals surface area contributed by atoms with E-state index in [9.17, 15) is 9.59 Å². The molecule has 1 atom stereocenters. The van der Waals surface area contributed by atoms with Gasteiger partial charge in [0, 0.05) is 50.7 Å². The molecule has 5 nitrogen and oxygen atoms in total. The first-order valence-electron chi connectivity index (χ1n) is 12.3. The van der Waals surface area contributed by atoms with Crippen LogP contribution in [0.4, 0.5) is 0 Å². The molecule has 1 unspecified atom stereocenters. The van der Waals surface area contributed by atoms with Crippen molar-refractivity contribution in [2.75, 3.05) is 19.6 Å². The van der Waals surface area contributed by atoms with Gasteiger partial charge in [0.2, 0.25) is 11.8 Å². The van der Waals surface area contributed by atoms with Gasteiger partial charge in [-0.2, -0.15) is 0 Å². The summed E-state index contributed by atoms with van der Waals surface area (Å²) in [7, 11) is 0. The average molecular weight is 427 g/mol. The molecule has 2 heterocycles. The van der Waals surface area contributed by atoms with E-state index in [0.717, 1.165) is 56.5 Å². The van der Waals surface area contributed by atoms with Crippen molar-refractivity contribution in [1.82, 2.24) is 10.2 Å². The summed E-state index contributed by atoms with van der Waals surface area (Å²) in [5.41, 5.74) is 0.884. The van der Waals surface area contributed by atoms with Crippen molar-refractivity contribution >= 4 is 11.8 Å². The van der Waals surface area contributed by atoms with Crippen LogP contribution in [0.5, 0.6) is 5.75 Å². The van der Waals surface area contributed by atoms with E-state index in [4.69, 9.17) is 4.74 Å². The number of hydrogen-bond donors (Lipinski definition) is 1. The van der Waals surface area contributed by atoms with E-state index in [2.05, 4.69) is 30.1 Å². The average Bonchev–Trinajstić information content (AvgIpc) is 2.78. The zero-order valence-corrected chi connectivity index (χ0v) is 19.2. The quantitative estimate of drug-likeness (QED) is 0.745. The van der Waals surface area contributed by atoms with E-state index in [1.807, 2.05) is 18.2 Å². The number of hydrogen-bond acceptors (Lipinski definition) is 3. The topological polar surface area (TPSA) is 58.6 Å². The molecule has 31 heavy (non-hydrogen) atoms. The predicted molar refractivity (Wildman–Crippen MR) is 122 cm³/mol. The number of rotatable bonds is 5. The van der Waals surface area contributed by atoms with Gasteiger partial charge in [0.1, 0.15) is 11.4 Å². The van der Waals surface area contributed by atoms with Gasteiger partial charge in [-0.1, -0.05) is 51.3 Å². The highest BCUT2D eigenvalue weighted by Gasteiger charge is 2.44. The standard InChI is InChI=1S/C26H38N2O3/c1-19(2)18-27-24(29)16-21-17-26(31-23-11-7-6-10-22(21)23)12-14-28(15-13-26)25(30)20-8-4-3-5-9-20/h6-7,10-11,19-21H,3-5,8-9,12-18H2,1-2H3,(H,27,29). The summed E-state index contributed by atoms with van der Waals surface area (Å²) in [6.07, 6.45) is 8.81. The number of para-hydroxylation sites is 1. The summed E-state index contributed by atoms with van der Waals surface area (Å²) >= 11 is 0. The Bertz CT molecular complexity index is 777. The molecule has 1 spiro atoms. The minimum absolute atomic E-state index is 0.121. The molecule has 1 aliphatic carbocycles. The summed E-state index contributed by atoms with van der Waals surface area (Å²) in [4.78, 5) is 27.7. The van der Waals surface area contributed by atoms with Crippen molar-refractivity contribution in [3.63, 3.8) is 0 Å². The molecule has 1 aromatic rings. The second-order valence-electron chi connectivity index (χ2n) is 10.3. The number of amides is 2. The molecule has 2 aliphatic heterocycles. The Morgan fingerprint density at radius 3 is 2.55 bits per heavy atom. The second-order valence-corrected chi connectivity index (χ2v) is 10.3. The van der Waals surface area contributed by atoms with E-state index in [0.29, 0.717) is 24.8 Å². The third kappa shape index (κ3) is 5.24. The maximum Gasteiger partial charge on any atom is 0.225 e. The Morgan fingerprint density at radius 1 is 1.13 bits per heavy atom. The molecule has 4 rings (SSSR count). The Balaban J connectivity index is 1.42. The Kier molecular flexibility index (Phi) is 6.88. The molecule has 0 aromatic heterocycles. The van der Waals surface area contributed by atoms with Gasteiger partial charge >= 0.3 is 0 Å². The van der Waals surface area contributed by atoms with Crippen LogP contribution in [0.1, 0.15) is 83.1 Å². The van der Waals surface area contributed by atoms with Crippen molar-refractivity contribution < 1.29 is 14.3 Å². The van der Waals surface area contributed by atoms with Gasteiger partial charge in [0.25, 0.3) is 0 Å². The number of fused-ring (bicyclic) bond motifs is 1. The van der Waals surface area contributed by atoms with Crippen LogP contribution in [-0.4, -0.2) is 41.9 Å². The number of likely N-dealkylation sites (tertiary alicyclic amines) is 1. The van der Waals surface area contributed by atoms with E-state index in [1.165, 1.54) is 19.3 Å². The van der Waals surface area contributed by atoms with Gasteiger partial charge in [0.05, 0.1) is 0 Å². The van der Waals surface area contributed by atoms with E-state index in [-0.39, 0.29) is 23.3 Å². The van der Waals surface area contributed by atoms with Crippen LogP contribution < -0.4 is 10.1 Å². The highest BCUT2D eigenvalue weighted by molar-refractivity contribution is 5.79. The maximum atomic E-state index is 13.0. The first-order chi connectivity index (χ1) is 15.0. The fourth-order valence-electron chi connectivity index (χ4n) is 5.59. The number of ether oxygens (including phenoxy) is 1. The molecule has 1 aromatic carbocycles. The molecular weight excluding hydrogens is 388 g/mol. The van der Waals surface area contributed by atoms with Gasteiger partial charge in [-0.25, -0.2) is 0 Å². The summed E-state index contributed by atoms with van der Waals surface area (Å²) in [5.74, 6) is 2.24. The Hall–Kier alpha value is -2.04. The fourth-order valence-corrected chi connectivity index (χ4v) is 5.59. The zero-order valence-electron chi connectivity index (χ0n) is 19.2. The van der Waals surface area contributed by atoms with Gasteiger partial charge in [-0.3, -0.25) is 9.59 Å². The largest absolute Gasteiger partial charge is 0.487 e. The number of carbonyl (C=O) groups is 2. The van der Waals surface area contributed by atoms with Crippen molar-refractivity contribution in [3.05, 3.63) is 29.8 Å². The third-order valence-corrected chi connectivity index (χ3v) is 7.38. The summed E-state index contributed by atoms with van der Waals surface area (Å²) < 4.78 is 6.57. The molecule has 0 bridgehead atoms. The lowest BCUT2D eigenvalue weighted by atomic mass is 9.76. The predicted octanol–water partition coefficient (Wildman–Crippen LogP) is 4.66. The summed E-state index contributed by atoms with van der Waals surface area (Å²) in [6, 6.07) is 8.18. The number of carbonyl (C=O) groups excluding carboxylic acids is 2. The maximum absolute atomic E-state index is 13.0. The minimum atomic E-state index is -0.263. The lowest BCUT2D eigenvalue weighted by Gasteiger charge is -2.47. The van der Waals surface area contributed by atoms with Crippen LogP contribution in [0, 0.1) is 11.8 Å². The lowest BCUT2D eigenvalue weighted by Crippen LogP contribution is -2.53. The summed E-state index contributed by atoms with van der Waals surface area (Å²) in [6.45, 7) is 6.48. The molecule has 1 saturated heterocycles. The minimum Gasteiger partial charge on any atom is -0.487 e. The highest BCUT2D eigenvalue weighted by Crippen LogP contribution is 2.46. The van der Waals surface area contributed by atoms with Crippen molar-refractivity contribution in [3.8, 4) is 5.75 Å². The number of piperidine rings is 1. The molecule has 1 saturated carbocycles. The molecule has 1 N–H and O–H groups in total. The molecule has 0 radical (unpaired) electrons. The van der Waals surface area contributed by atoms with E-state index in [1.54, 1.807) is 0 Å². The Morgan fingerprint density at radius 2 is 1.84 bits per heavy atom. The van der Waals surface area contributed by atoms with Crippen LogP contribution in [0.3, 0.4) is 0 Å². The molecule has 2 fully saturated rings. The smallest absolute Gasteiger partial charge is 0.225 e. The Labute approximate surface area is 186 Å². The van der Waals surface area contributed by atoms with Crippen molar-refractivity contribution in [2.24, 2.45) is 11.8 Å². The molecule has 3 aliphatic rings. The van der Waals surface area contributed by atoms with E-state index >= 15 is 0 Å². The van der Waals surface area contributed by atoms with Crippen LogP contribution in [0.25, 0.3) is 0 Å². The van der Waals surface area contributed by atoms with Gasteiger partial charge in [-0.15, -0.1) is 0 Å². The molecule has 2 amide bonds. The zero-order chi connectivity index (χ0) is 21.8. The number of benzene rings is 1. The SMILES string of the molecule is CC(C)CNC(=O)CC1CC2(CCN(C(=O)C3CCCCC3)CC2)Oc2ccccc21. The van der Waals surface area contributed by atoms with Crippen LogP contribution >= 0.6 is 0 Å². The number of nitrogens with zero attached hydrogens (tertiary/aromatic N) is 1. The second kappa shape index (κ2) is 9.62. The van der Waals surface area contributed by atoms with Gasteiger partial charge in [0.15, 0.2) is 0 Å². The van der Waals surface area contributed by atoms with Gasteiger partial charge < -0.3 is 15.0 Å². The monoisotopic (exact) mass is 426 g/mol. The van der Waals surface area contributed by atoms with Gasteiger partial charge in [-0.05, 0) is 36.8 Å².